The lowest BCUT2D eigenvalue weighted by molar-refractivity contribution is 0.600. The second kappa shape index (κ2) is 7.56. The molecule has 11 nitrogen and oxygen atoms in total. The Labute approximate surface area is 141 Å². The Balaban J connectivity index is 1.71. The normalized spacial score (nSPS) is 15.7. The van der Waals surface area contributed by atoms with Gasteiger partial charge in [-0.25, -0.2) is 4.98 Å². The van der Waals surface area contributed by atoms with Crippen molar-refractivity contribution in [3.05, 3.63) is 5.82 Å². The van der Waals surface area contributed by atoms with E-state index >= 15 is 0 Å². The van der Waals surface area contributed by atoms with E-state index in [4.69, 9.17) is 11.1 Å². The van der Waals surface area contributed by atoms with E-state index in [0.717, 1.165) is 11.5 Å². The molecule has 0 aliphatic carbocycles. The van der Waals surface area contributed by atoms with E-state index in [-0.39, 0.29) is 17.6 Å². The van der Waals surface area contributed by atoms with Crippen LogP contribution in [0.5, 0.6) is 0 Å². The predicted molar refractivity (Wildman–Crippen MR) is 92.5 cm³/mol. The third-order valence-electron chi connectivity index (χ3n) is 2.35. The smallest absolute Gasteiger partial charge is 0.367 e. The highest BCUT2D eigenvalue weighted by molar-refractivity contribution is 7.98. The van der Waals surface area contributed by atoms with Gasteiger partial charge in [0.2, 0.25) is 5.13 Å². The first-order valence-corrected chi connectivity index (χ1v) is 9.60. The number of rotatable bonds is 6. The van der Waals surface area contributed by atoms with Gasteiger partial charge in [-0.1, -0.05) is 0 Å². The highest BCUT2D eigenvalue weighted by atomic mass is 32.2. The van der Waals surface area contributed by atoms with Gasteiger partial charge in [-0.15, -0.1) is 8.80 Å². The maximum absolute atomic E-state index is 11.3. The second-order valence-electron chi connectivity index (χ2n) is 4.11. The molecule has 23 heavy (non-hydrogen) atoms. The Morgan fingerprint density at radius 1 is 1.39 bits per heavy atom. The van der Waals surface area contributed by atoms with Gasteiger partial charge in [0.05, 0.1) is 5.75 Å². The molecule has 0 aromatic carbocycles. The van der Waals surface area contributed by atoms with Crippen molar-refractivity contribution in [3.8, 4) is 0 Å². The number of thioether (sulfide) groups is 1. The molecule has 0 spiro atoms. The first-order chi connectivity index (χ1) is 10.9. The lowest BCUT2D eigenvalue weighted by Crippen LogP contribution is -2.37. The summed E-state index contributed by atoms with van der Waals surface area (Å²) in [6, 6.07) is 0. The number of nitrogens with two attached hydrogens (primary N) is 1. The van der Waals surface area contributed by atoms with Gasteiger partial charge >= 0.3 is 10.2 Å². The van der Waals surface area contributed by atoms with Crippen molar-refractivity contribution >= 4 is 56.3 Å². The van der Waals surface area contributed by atoms with Crippen LogP contribution in [-0.4, -0.2) is 54.8 Å². The minimum absolute atomic E-state index is 0.182. The molecule has 1 aliphatic rings. The molecule has 6 N–H and O–H groups in total. The molecule has 1 aliphatic heterocycles. The van der Waals surface area contributed by atoms with Crippen LogP contribution < -0.4 is 21.7 Å². The van der Waals surface area contributed by atoms with E-state index in [1.165, 1.54) is 0 Å². The summed E-state index contributed by atoms with van der Waals surface area (Å²) in [5.41, 5.74) is 5.20. The van der Waals surface area contributed by atoms with Gasteiger partial charge in [-0.3, -0.25) is 5.41 Å². The van der Waals surface area contributed by atoms with E-state index < -0.39 is 10.2 Å². The van der Waals surface area contributed by atoms with Gasteiger partial charge in [0.25, 0.3) is 0 Å². The van der Waals surface area contributed by atoms with Crippen LogP contribution in [-0.2, 0) is 16.0 Å². The quantitative estimate of drug-likeness (QED) is 0.235. The van der Waals surface area contributed by atoms with E-state index in [1.807, 2.05) is 0 Å². The Morgan fingerprint density at radius 3 is 2.83 bits per heavy atom. The van der Waals surface area contributed by atoms with Crippen molar-refractivity contribution in [2.75, 3.05) is 24.7 Å². The van der Waals surface area contributed by atoms with Gasteiger partial charge in [-0.05, 0) is 0 Å². The zero-order valence-corrected chi connectivity index (χ0v) is 14.5. The molecule has 2 heterocycles. The van der Waals surface area contributed by atoms with Crippen molar-refractivity contribution in [2.45, 2.75) is 5.75 Å². The van der Waals surface area contributed by atoms with Crippen LogP contribution >= 0.6 is 23.3 Å². The summed E-state index contributed by atoms with van der Waals surface area (Å²) >= 11 is 2.71. The summed E-state index contributed by atoms with van der Waals surface area (Å²) in [6.07, 6.45) is 0. The number of nitrogens with zero attached hydrogens (tertiary/aromatic N) is 4. The molecule has 2 rings (SSSR count). The van der Waals surface area contributed by atoms with E-state index in [9.17, 15) is 8.42 Å². The average molecular weight is 377 g/mol. The number of nitrogens with one attached hydrogen (secondary N) is 4. The van der Waals surface area contributed by atoms with Crippen molar-refractivity contribution < 1.29 is 8.42 Å². The highest BCUT2D eigenvalue weighted by Gasteiger charge is 2.22. The molecule has 0 saturated carbocycles. The van der Waals surface area contributed by atoms with Crippen LogP contribution in [0, 0.1) is 5.41 Å². The molecule has 0 atom stereocenters. The first kappa shape index (κ1) is 17.4. The number of anilines is 1. The van der Waals surface area contributed by atoms with Gasteiger partial charge in [-0.2, -0.15) is 24.6 Å². The van der Waals surface area contributed by atoms with Crippen molar-refractivity contribution in [1.29, 1.82) is 5.41 Å². The summed E-state index contributed by atoms with van der Waals surface area (Å²) in [5.74, 6) is 2.17. The van der Waals surface area contributed by atoms with E-state index in [2.05, 4.69) is 34.1 Å². The molecular weight excluding hydrogens is 362 g/mol. The summed E-state index contributed by atoms with van der Waals surface area (Å²) in [5, 5.41) is 15.7. The minimum Gasteiger partial charge on any atom is -0.370 e. The fraction of sp³-hybridized carbons (Fsp3) is 0.444. The molecule has 1 aromatic heterocycles. The Bertz CT molecular complexity index is 739. The standard InChI is InChI=1S/C9H15N9O2S3/c1-12-6-7(18-23(19,20)17-6)13-2-3-21-4-5-14-9(22-16-5)15-8(10)11/h2-4H2,1H3,(H,12,17)(H,13,18)(H4,10,11,14,15,16). The lowest BCUT2D eigenvalue weighted by atomic mass is 10.5. The summed E-state index contributed by atoms with van der Waals surface area (Å²) in [7, 11) is -2.18. The monoisotopic (exact) mass is 377 g/mol. The average Bonchev–Trinajstić information content (AvgIpc) is 3.01. The third-order valence-corrected chi connectivity index (χ3v) is 4.80. The summed E-state index contributed by atoms with van der Waals surface area (Å²) in [4.78, 5) is 4.17. The topological polar surface area (TPSA) is 171 Å². The largest absolute Gasteiger partial charge is 0.370 e. The molecule has 0 bridgehead atoms. The van der Waals surface area contributed by atoms with Crippen LogP contribution in [0.4, 0.5) is 5.13 Å². The SMILES string of the molecule is CNC1=NS(=O)(=O)N=C1NCCSCc1nsc(NC(=N)N)n1. The Kier molecular flexibility index (Phi) is 5.73. The molecule has 126 valence electrons. The van der Waals surface area contributed by atoms with Gasteiger partial charge < -0.3 is 21.7 Å². The fourth-order valence-electron chi connectivity index (χ4n) is 1.50. The Morgan fingerprint density at radius 2 is 2.13 bits per heavy atom. The molecule has 14 heteroatoms. The number of hydrogen-bond acceptors (Lipinski definition) is 9. The molecule has 0 amide bonds. The number of aromatic nitrogens is 2. The minimum atomic E-state index is -3.76. The van der Waals surface area contributed by atoms with Crippen LogP contribution in [0.25, 0.3) is 0 Å². The maximum Gasteiger partial charge on any atom is 0.367 e. The maximum atomic E-state index is 11.3. The van der Waals surface area contributed by atoms with Crippen molar-refractivity contribution in [1.82, 2.24) is 20.0 Å². The van der Waals surface area contributed by atoms with Crippen LogP contribution in [0.1, 0.15) is 5.82 Å². The Hall–Kier alpha value is -1.93. The van der Waals surface area contributed by atoms with E-state index in [0.29, 0.717) is 29.0 Å². The van der Waals surface area contributed by atoms with Crippen LogP contribution in [0.15, 0.2) is 8.80 Å². The van der Waals surface area contributed by atoms with Gasteiger partial charge in [0.1, 0.15) is 0 Å². The molecular formula is C9H15N9O2S3. The molecule has 1 aromatic rings. The summed E-state index contributed by atoms with van der Waals surface area (Å²) < 4.78 is 33.6. The molecule has 0 saturated heterocycles. The highest BCUT2D eigenvalue weighted by Crippen LogP contribution is 2.15. The number of amidine groups is 2. The van der Waals surface area contributed by atoms with Crippen LogP contribution in [0.2, 0.25) is 0 Å². The van der Waals surface area contributed by atoms with E-state index in [1.54, 1.807) is 18.8 Å². The number of guanidine groups is 1. The van der Waals surface area contributed by atoms with Crippen molar-refractivity contribution in [2.24, 2.45) is 14.5 Å². The van der Waals surface area contributed by atoms with Crippen molar-refractivity contribution in [3.63, 3.8) is 0 Å². The van der Waals surface area contributed by atoms with Crippen LogP contribution in [0.3, 0.4) is 0 Å². The first-order valence-electron chi connectivity index (χ1n) is 6.28. The molecule has 0 radical (unpaired) electrons. The molecule has 0 unspecified atom stereocenters. The number of hydrogen-bond donors (Lipinski definition) is 5. The third kappa shape index (κ3) is 5.33. The fourth-order valence-corrected chi connectivity index (χ4v) is 3.72. The number of likely N-dealkylation sites (N-methyl/N-ethyl adjacent to an activating group) is 1. The second-order valence-corrected chi connectivity index (χ2v) is 7.23. The zero-order chi connectivity index (χ0) is 16.9. The molecule has 0 fully saturated rings. The zero-order valence-electron chi connectivity index (χ0n) is 12.0. The van der Waals surface area contributed by atoms with Gasteiger partial charge in [0.15, 0.2) is 23.5 Å². The predicted octanol–water partition coefficient (Wildman–Crippen LogP) is -1.06. The summed E-state index contributed by atoms with van der Waals surface area (Å²) in [6.45, 7) is 0.516. The van der Waals surface area contributed by atoms with Gasteiger partial charge in [0, 0.05) is 30.9 Å². The lowest BCUT2D eigenvalue weighted by Gasteiger charge is -2.06.